The number of methoxy groups -OCH3 is 1. The molecular formula is C14H19NO4. The molecule has 19 heavy (non-hydrogen) atoms. The van der Waals surface area contributed by atoms with Gasteiger partial charge < -0.3 is 19.9 Å². The molecule has 2 rings (SSSR count). The molecule has 0 aliphatic carbocycles. The smallest absolute Gasteiger partial charge is 0.340 e. The maximum absolute atomic E-state index is 11.9. The summed E-state index contributed by atoms with van der Waals surface area (Å²) in [5.74, 6) is 0.0583. The van der Waals surface area contributed by atoms with Crippen molar-refractivity contribution in [2.45, 2.75) is 25.4 Å². The van der Waals surface area contributed by atoms with Crippen molar-refractivity contribution in [1.82, 2.24) is 0 Å². The summed E-state index contributed by atoms with van der Waals surface area (Å²) in [4.78, 5) is 11.9. The second-order valence-corrected chi connectivity index (χ2v) is 4.48. The molecule has 104 valence electrons. The van der Waals surface area contributed by atoms with E-state index in [1.807, 2.05) is 0 Å². The van der Waals surface area contributed by atoms with Crippen LogP contribution < -0.4 is 10.5 Å². The SMILES string of the molecule is COc1cccc(C(=O)OCCC2CCCO2)c1N. The Morgan fingerprint density at radius 3 is 3.05 bits per heavy atom. The van der Waals surface area contributed by atoms with Gasteiger partial charge in [0.15, 0.2) is 0 Å². The Balaban J connectivity index is 1.88. The fraction of sp³-hybridized carbons (Fsp3) is 0.500. The number of rotatable bonds is 5. The first-order valence-corrected chi connectivity index (χ1v) is 6.43. The minimum absolute atomic E-state index is 0.218. The number of hydrogen-bond donors (Lipinski definition) is 1. The maximum atomic E-state index is 11.9. The average Bonchev–Trinajstić information content (AvgIpc) is 2.92. The normalized spacial score (nSPS) is 18.3. The van der Waals surface area contributed by atoms with Crippen LogP contribution in [0.2, 0.25) is 0 Å². The minimum Gasteiger partial charge on any atom is -0.495 e. The topological polar surface area (TPSA) is 70.8 Å². The first-order chi connectivity index (χ1) is 9.22. The monoisotopic (exact) mass is 265 g/mol. The van der Waals surface area contributed by atoms with Gasteiger partial charge in [-0.1, -0.05) is 6.07 Å². The number of ether oxygens (including phenoxy) is 3. The number of nitrogen functional groups attached to an aromatic ring is 1. The Morgan fingerprint density at radius 1 is 1.53 bits per heavy atom. The van der Waals surface area contributed by atoms with E-state index in [1.54, 1.807) is 18.2 Å². The fourth-order valence-electron chi connectivity index (χ4n) is 2.13. The summed E-state index contributed by atoms with van der Waals surface area (Å²) in [6.45, 7) is 1.15. The molecule has 1 aromatic carbocycles. The van der Waals surface area contributed by atoms with E-state index < -0.39 is 5.97 Å². The molecule has 1 unspecified atom stereocenters. The first kappa shape index (κ1) is 13.7. The lowest BCUT2D eigenvalue weighted by Gasteiger charge is -2.11. The van der Waals surface area contributed by atoms with Crippen molar-refractivity contribution >= 4 is 11.7 Å². The van der Waals surface area contributed by atoms with Crippen molar-refractivity contribution < 1.29 is 19.0 Å². The molecule has 1 atom stereocenters. The second-order valence-electron chi connectivity index (χ2n) is 4.48. The summed E-state index contributed by atoms with van der Waals surface area (Å²) < 4.78 is 15.7. The van der Waals surface area contributed by atoms with Crippen LogP contribution in [0.1, 0.15) is 29.6 Å². The van der Waals surface area contributed by atoms with E-state index in [0.29, 0.717) is 23.6 Å². The van der Waals surface area contributed by atoms with Gasteiger partial charge in [0.05, 0.1) is 31.1 Å². The van der Waals surface area contributed by atoms with Crippen molar-refractivity contribution in [3.8, 4) is 5.75 Å². The van der Waals surface area contributed by atoms with Crippen LogP contribution in [0.25, 0.3) is 0 Å². The van der Waals surface area contributed by atoms with Gasteiger partial charge in [0.1, 0.15) is 5.75 Å². The molecule has 1 aromatic rings. The zero-order valence-electron chi connectivity index (χ0n) is 11.1. The summed E-state index contributed by atoms with van der Waals surface area (Å²) >= 11 is 0. The number of esters is 1. The van der Waals surface area contributed by atoms with Crippen LogP contribution in [0.3, 0.4) is 0 Å². The number of nitrogens with two attached hydrogens (primary N) is 1. The predicted molar refractivity (Wildman–Crippen MR) is 71.3 cm³/mol. The van der Waals surface area contributed by atoms with Gasteiger partial charge in [-0.15, -0.1) is 0 Å². The minimum atomic E-state index is -0.422. The van der Waals surface area contributed by atoms with Gasteiger partial charge in [0, 0.05) is 13.0 Å². The molecule has 1 fully saturated rings. The maximum Gasteiger partial charge on any atom is 0.340 e. The van der Waals surface area contributed by atoms with Crippen LogP contribution >= 0.6 is 0 Å². The number of anilines is 1. The van der Waals surface area contributed by atoms with Gasteiger partial charge in [0.2, 0.25) is 0 Å². The Morgan fingerprint density at radius 2 is 2.37 bits per heavy atom. The number of carbonyl (C=O) groups is 1. The highest BCUT2D eigenvalue weighted by molar-refractivity contribution is 5.96. The van der Waals surface area contributed by atoms with Crippen LogP contribution in [0, 0.1) is 0 Å². The van der Waals surface area contributed by atoms with E-state index in [1.165, 1.54) is 7.11 Å². The number of benzene rings is 1. The molecule has 0 spiro atoms. The van der Waals surface area contributed by atoms with Gasteiger partial charge >= 0.3 is 5.97 Å². The molecular weight excluding hydrogens is 246 g/mol. The Labute approximate surface area is 112 Å². The third-order valence-electron chi connectivity index (χ3n) is 3.20. The molecule has 2 N–H and O–H groups in total. The van der Waals surface area contributed by atoms with Crippen LogP contribution in [0.15, 0.2) is 18.2 Å². The highest BCUT2D eigenvalue weighted by Crippen LogP contribution is 2.25. The summed E-state index contributed by atoms with van der Waals surface area (Å²) in [6, 6.07) is 5.05. The van der Waals surface area contributed by atoms with E-state index in [9.17, 15) is 4.79 Å². The lowest BCUT2D eigenvalue weighted by molar-refractivity contribution is 0.0387. The second kappa shape index (κ2) is 6.43. The Hall–Kier alpha value is -1.75. The van der Waals surface area contributed by atoms with Crippen LogP contribution in [-0.2, 0) is 9.47 Å². The number of hydrogen-bond acceptors (Lipinski definition) is 5. The van der Waals surface area contributed by atoms with E-state index in [0.717, 1.165) is 25.9 Å². The third-order valence-corrected chi connectivity index (χ3v) is 3.20. The van der Waals surface area contributed by atoms with Crippen molar-refractivity contribution in [2.24, 2.45) is 0 Å². The summed E-state index contributed by atoms with van der Waals surface area (Å²) in [5.41, 5.74) is 6.49. The van der Waals surface area contributed by atoms with Gasteiger partial charge in [0.25, 0.3) is 0 Å². The summed E-state index contributed by atoms with van der Waals surface area (Å²) in [7, 11) is 1.51. The number of carbonyl (C=O) groups excluding carboxylic acids is 1. The van der Waals surface area contributed by atoms with Crippen LogP contribution in [0.4, 0.5) is 5.69 Å². The lowest BCUT2D eigenvalue weighted by atomic mass is 10.1. The van der Waals surface area contributed by atoms with Crippen molar-refractivity contribution in [3.63, 3.8) is 0 Å². The highest BCUT2D eigenvalue weighted by atomic mass is 16.5. The van der Waals surface area contributed by atoms with Crippen LogP contribution in [0.5, 0.6) is 5.75 Å². The molecule has 1 saturated heterocycles. The predicted octanol–water partition coefficient (Wildman–Crippen LogP) is 2.00. The van der Waals surface area contributed by atoms with Crippen LogP contribution in [-0.4, -0.2) is 32.4 Å². The number of para-hydroxylation sites is 1. The van der Waals surface area contributed by atoms with E-state index in [4.69, 9.17) is 19.9 Å². The van der Waals surface area contributed by atoms with E-state index in [2.05, 4.69) is 0 Å². The van der Waals surface area contributed by atoms with Crippen molar-refractivity contribution in [1.29, 1.82) is 0 Å². The molecule has 1 aliphatic heterocycles. The third kappa shape index (κ3) is 3.38. The van der Waals surface area contributed by atoms with E-state index in [-0.39, 0.29) is 6.10 Å². The van der Waals surface area contributed by atoms with Gasteiger partial charge in [-0.25, -0.2) is 4.79 Å². The van der Waals surface area contributed by atoms with Gasteiger partial charge in [-0.3, -0.25) is 0 Å². The fourth-order valence-corrected chi connectivity index (χ4v) is 2.13. The highest BCUT2D eigenvalue weighted by Gasteiger charge is 2.18. The molecule has 0 aromatic heterocycles. The molecule has 1 aliphatic rings. The zero-order chi connectivity index (χ0) is 13.7. The summed E-state index contributed by atoms with van der Waals surface area (Å²) in [6.07, 6.45) is 3.08. The van der Waals surface area contributed by atoms with E-state index >= 15 is 0 Å². The quantitative estimate of drug-likeness (QED) is 0.651. The Bertz CT molecular complexity index is 441. The van der Waals surface area contributed by atoms with Gasteiger partial charge in [-0.2, -0.15) is 0 Å². The molecule has 0 radical (unpaired) electrons. The lowest BCUT2D eigenvalue weighted by Crippen LogP contribution is -2.14. The molecule has 0 bridgehead atoms. The standard InChI is InChI=1S/C14H19NO4/c1-17-12-6-2-5-11(13(12)15)14(16)19-9-7-10-4-3-8-18-10/h2,5-6,10H,3-4,7-9,15H2,1H3. The molecule has 0 saturated carbocycles. The van der Waals surface area contributed by atoms with Gasteiger partial charge in [-0.05, 0) is 25.0 Å². The molecule has 1 heterocycles. The Kier molecular flexibility index (Phi) is 4.63. The van der Waals surface area contributed by atoms with Crippen molar-refractivity contribution in [3.05, 3.63) is 23.8 Å². The summed E-state index contributed by atoms with van der Waals surface area (Å²) in [5, 5.41) is 0. The molecule has 5 nitrogen and oxygen atoms in total. The molecule has 0 amide bonds. The zero-order valence-corrected chi connectivity index (χ0v) is 11.1. The largest absolute Gasteiger partial charge is 0.495 e. The van der Waals surface area contributed by atoms with Crippen molar-refractivity contribution in [2.75, 3.05) is 26.1 Å². The molecule has 5 heteroatoms. The first-order valence-electron chi connectivity index (χ1n) is 6.43. The average molecular weight is 265 g/mol.